The number of ether oxygens (including phenoxy) is 1. The minimum absolute atomic E-state index is 0.0980. The summed E-state index contributed by atoms with van der Waals surface area (Å²) in [5.74, 6) is -0.531. The smallest absolute Gasteiger partial charge is 0.262 e. The molecule has 9 heteroatoms. The maximum Gasteiger partial charge on any atom is 0.262 e. The summed E-state index contributed by atoms with van der Waals surface area (Å²) in [6, 6.07) is 6.27. The zero-order valence-electron chi connectivity index (χ0n) is 16.9. The number of morpholine rings is 1. The third-order valence-electron chi connectivity index (χ3n) is 5.41. The summed E-state index contributed by atoms with van der Waals surface area (Å²) >= 11 is 1.22. The van der Waals surface area contributed by atoms with Crippen LogP contribution in [0.5, 0.6) is 0 Å². The van der Waals surface area contributed by atoms with Crippen LogP contribution in [0.15, 0.2) is 35.4 Å². The van der Waals surface area contributed by atoms with Gasteiger partial charge in [-0.2, -0.15) is 0 Å². The summed E-state index contributed by atoms with van der Waals surface area (Å²) in [5.41, 5.74) is 1.42. The summed E-state index contributed by atoms with van der Waals surface area (Å²) in [4.78, 5) is 32.9. The van der Waals surface area contributed by atoms with E-state index in [1.165, 1.54) is 34.4 Å². The first kappa shape index (κ1) is 20.6. The SMILES string of the molecule is Cc1c(C(=O)NC[C@@H](c2ccc(F)cc2)N2CCOCC2)sc2ncn(C)c(=O)c12. The third-order valence-corrected chi connectivity index (χ3v) is 6.61. The lowest BCUT2D eigenvalue weighted by atomic mass is 10.0. The highest BCUT2D eigenvalue weighted by atomic mass is 32.1. The van der Waals surface area contributed by atoms with Gasteiger partial charge in [0.05, 0.1) is 35.8 Å². The molecule has 4 rings (SSSR count). The van der Waals surface area contributed by atoms with Crippen molar-refractivity contribution in [2.24, 2.45) is 7.05 Å². The minimum Gasteiger partial charge on any atom is -0.379 e. The zero-order chi connectivity index (χ0) is 21.3. The second-order valence-electron chi connectivity index (χ2n) is 7.32. The standard InChI is InChI=1S/C21H23FN4O3S/c1-13-17-20(24-12-25(2)21(17)28)30-18(13)19(27)23-11-16(26-7-9-29-10-8-26)14-3-5-15(22)6-4-14/h3-6,12,16H,7-11H2,1-2H3,(H,23,27)/t16-/m0/s1. The lowest BCUT2D eigenvalue weighted by Crippen LogP contribution is -2.43. The molecule has 2 aromatic heterocycles. The van der Waals surface area contributed by atoms with Gasteiger partial charge in [0.1, 0.15) is 10.6 Å². The van der Waals surface area contributed by atoms with E-state index in [4.69, 9.17) is 4.74 Å². The molecule has 0 spiro atoms. The van der Waals surface area contributed by atoms with Gasteiger partial charge in [-0.3, -0.25) is 14.5 Å². The molecule has 7 nitrogen and oxygen atoms in total. The molecular formula is C21H23FN4O3S. The molecule has 158 valence electrons. The maximum absolute atomic E-state index is 13.4. The number of benzene rings is 1. The number of carbonyl (C=O) groups is 1. The van der Waals surface area contributed by atoms with Crippen molar-refractivity contribution < 1.29 is 13.9 Å². The normalized spacial score (nSPS) is 16.0. The van der Waals surface area contributed by atoms with Crippen LogP contribution in [0.3, 0.4) is 0 Å². The van der Waals surface area contributed by atoms with Crippen LogP contribution < -0.4 is 10.9 Å². The van der Waals surface area contributed by atoms with E-state index < -0.39 is 0 Å². The van der Waals surface area contributed by atoms with Gasteiger partial charge in [0, 0.05) is 26.7 Å². The molecule has 3 aromatic rings. The molecule has 1 aliphatic rings. The van der Waals surface area contributed by atoms with E-state index in [9.17, 15) is 14.0 Å². The van der Waals surface area contributed by atoms with E-state index in [1.807, 2.05) is 0 Å². The monoisotopic (exact) mass is 430 g/mol. The van der Waals surface area contributed by atoms with Gasteiger partial charge in [-0.15, -0.1) is 11.3 Å². The first-order chi connectivity index (χ1) is 14.5. The Labute approximate surface area is 177 Å². The third kappa shape index (κ3) is 4.00. The molecule has 0 radical (unpaired) electrons. The highest BCUT2D eigenvalue weighted by Crippen LogP contribution is 2.27. The fourth-order valence-corrected chi connectivity index (χ4v) is 4.78. The van der Waals surface area contributed by atoms with Crippen molar-refractivity contribution in [2.75, 3.05) is 32.8 Å². The molecule has 1 amide bonds. The first-order valence-electron chi connectivity index (χ1n) is 9.76. The van der Waals surface area contributed by atoms with Crippen molar-refractivity contribution in [1.29, 1.82) is 0 Å². The van der Waals surface area contributed by atoms with Gasteiger partial charge < -0.3 is 14.6 Å². The lowest BCUT2D eigenvalue weighted by Gasteiger charge is -2.35. The predicted molar refractivity (Wildman–Crippen MR) is 113 cm³/mol. The molecule has 1 N–H and O–H groups in total. The Kier molecular flexibility index (Phi) is 5.94. The maximum atomic E-state index is 13.4. The molecule has 1 aromatic carbocycles. The number of aromatic nitrogens is 2. The van der Waals surface area contributed by atoms with E-state index in [0.29, 0.717) is 40.4 Å². The van der Waals surface area contributed by atoms with E-state index in [2.05, 4.69) is 15.2 Å². The molecule has 1 aliphatic heterocycles. The van der Waals surface area contributed by atoms with Crippen molar-refractivity contribution in [3.8, 4) is 0 Å². The zero-order valence-corrected chi connectivity index (χ0v) is 17.7. The molecule has 0 unspecified atom stereocenters. The minimum atomic E-state index is -0.293. The average Bonchev–Trinajstić information content (AvgIpc) is 3.10. The molecule has 0 aliphatic carbocycles. The Morgan fingerprint density at radius 1 is 1.30 bits per heavy atom. The largest absolute Gasteiger partial charge is 0.379 e. The molecule has 0 saturated carbocycles. The number of nitrogens with one attached hydrogen (secondary N) is 1. The molecule has 30 heavy (non-hydrogen) atoms. The summed E-state index contributed by atoms with van der Waals surface area (Å²) < 4.78 is 20.3. The van der Waals surface area contributed by atoms with Crippen molar-refractivity contribution in [3.63, 3.8) is 0 Å². The number of hydrogen-bond donors (Lipinski definition) is 1. The van der Waals surface area contributed by atoms with Crippen LogP contribution in [0.25, 0.3) is 10.2 Å². The van der Waals surface area contributed by atoms with Gasteiger partial charge in [-0.1, -0.05) is 12.1 Å². The van der Waals surface area contributed by atoms with Gasteiger partial charge >= 0.3 is 0 Å². The van der Waals surface area contributed by atoms with E-state index in [1.54, 1.807) is 26.1 Å². The lowest BCUT2D eigenvalue weighted by molar-refractivity contribution is 0.0162. The van der Waals surface area contributed by atoms with Crippen molar-refractivity contribution in [2.45, 2.75) is 13.0 Å². The van der Waals surface area contributed by atoms with E-state index in [0.717, 1.165) is 18.7 Å². The number of aryl methyl sites for hydroxylation is 2. The van der Waals surface area contributed by atoms with Crippen LogP contribution in [0.4, 0.5) is 4.39 Å². The van der Waals surface area contributed by atoms with Crippen LogP contribution >= 0.6 is 11.3 Å². The number of amides is 1. The van der Waals surface area contributed by atoms with Gasteiger partial charge in [0.2, 0.25) is 0 Å². The van der Waals surface area contributed by atoms with Gasteiger partial charge in [-0.25, -0.2) is 9.37 Å². The van der Waals surface area contributed by atoms with Gasteiger partial charge in [0.15, 0.2) is 0 Å². The number of hydrogen-bond acceptors (Lipinski definition) is 6. The Balaban J connectivity index is 1.57. The Morgan fingerprint density at radius 3 is 2.70 bits per heavy atom. The Bertz CT molecular complexity index is 1120. The van der Waals surface area contributed by atoms with E-state index >= 15 is 0 Å². The summed E-state index contributed by atoms with van der Waals surface area (Å²) in [5, 5.41) is 3.49. The second-order valence-corrected chi connectivity index (χ2v) is 8.32. The van der Waals surface area contributed by atoms with Crippen LogP contribution in [0.2, 0.25) is 0 Å². The van der Waals surface area contributed by atoms with Crippen LogP contribution in [-0.2, 0) is 11.8 Å². The Morgan fingerprint density at radius 2 is 2.00 bits per heavy atom. The number of halogens is 1. The number of fused-ring (bicyclic) bond motifs is 1. The molecule has 1 saturated heterocycles. The first-order valence-corrected chi connectivity index (χ1v) is 10.6. The number of carbonyl (C=O) groups excluding carboxylic acids is 1. The molecule has 1 atom stereocenters. The summed E-state index contributed by atoms with van der Waals surface area (Å²) in [7, 11) is 1.64. The second kappa shape index (κ2) is 8.63. The predicted octanol–water partition coefficient (Wildman–Crippen LogP) is 2.25. The number of thiophene rings is 1. The average molecular weight is 431 g/mol. The topological polar surface area (TPSA) is 76.5 Å². The van der Waals surface area contributed by atoms with Crippen LogP contribution in [0.1, 0.15) is 26.8 Å². The van der Waals surface area contributed by atoms with Crippen LogP contribution in [0, 0.1) is 12.7 Å². The van der Waals surface area contributed by atoms with Crippen molar-refractivity contribution in [1.82, 2.24) is 19.8 Å². The van der Waals surface area contributed by atoms with Crippen LogP contribution in [-0.4, -0.2) is 53.2 Å². The fourth-order valence-electron chi connectivity index (χ4n) is 3.73. The van der Waals surface area contributed by atoms with Crippen molar-refractivity contribution in [3.05, 3.63) is 62.8 Å². The fraction of sp³-hybridized carbons (Fsp3) is 0.381. The highest BCUT2D eigenvalue weighted by molar-refractivity contribution is 7.20. The summed E-state index contributed by atoms with van der Waals surface area (Å²) in [6.07, 6.45) is 1.46. The summed E-state index contributed by atoms with van der Waals surface area (Å²) in [6.45, 7) is 4.85. The van der Waals surface area contributed by atoms with Gasteiger partial charge in [0.25, 0.3) is 11.5 Å². The molecule has 1 fully saturated rings. The Hall–Kier alpha value is -2.62. The number of nitrogens with zero attached hydrogens (tertiary/aromatic N) is 3. The van der Waals surface area contributed by atoms with E-state index in [-0.39, 0.29) is 23.3 Å². The quantitative estimate of drug-likeness (QED) is 0.672. The number of rotatable bonds is 5. The van der Waals surface area contributed by atoms with Gasteiger partial charge in [-0.05, 0) is 30.2 Å². The van der Waals surface area contributed by atoms with Crippen molar-refractivity contribution >= 4 is 27.5 Å². The highest BCUT2D eigenvalue weighted by Gasteiger charge is 2.25. The molecule has 0 bridgehead atoms. The molecular weight excluding hydrogens is 407 g/mol. The molecule has 3 heterocycles.